The van der Waals surface area contributed by atoms with E-state index >= 15 is 0 Å². The van der Waals surface area contributed by atoms with Crippen molar-refractivity contribution in [1.29, 1.82) is 0 Å². The zero-order valence-electron chi connectivity index (χ0n) is 14.4. The molecule has 3 atom stereocenters. The predicted molar refractivity (Wildman–Crippen MR) is 88.3 cm³/mol. The lowest BCUT2D eigenvalue weighted by Gasteiger charge is -2.32. The van der Waals surface area contributed by atoms with E-state index in [9.17, 15) is 9.59 Å². The molecular weight excluding hydrogens is 296 g/mol. The van der Waals surface area contributed by atoms with Crippen LogP contribution in [0.1, 0.15) is 40.0 Å². The van der Waals surface area contributed by atoms with E-state index in [2.05, 4.69) is 29.8 Å². The predicted octanol–water partition coefficient (Wildman–Crippen LogP) is 1.29. The van der Waals surface area contributed by atoms with Gasteiger partial charge in [-0.25, -0.2) is 9.59 Å². The summed E-state index contributed by atoms with van der Waals surface area (Å²) in [6.45, 7) is 8.62. The Kier molecular flexibility index (Phi) is 6.50. The number of amides is 4. The summed E-state index contributed by atoms with van der Waals surface area (Å²) >= 11 is 0. The van der Waals surface area contributed by atoms with Crippen molar-refractivity contribution in [3.63, 3.8) is 0 Å². The van der Waals surface area contributed by atoms with E-state index in [1.807, 2.05) is 6.92 Å². The van der Waals surface area contributed by atoms with Crippen LogP contribution < -0.4 is 16.0 Å². The van der Waals surface area contributed by atoms with E-state index < -0.39 is 0 Å². The first-order chi connectivity index (χ1) is 11.0. The zero-order chi connectivity index (χ0) is 16.8. The summed E-state index contributed by atoms with van der Waals surface area (Å²) in [5, 5.41) is 8.71. The average Bonchev–Trinajstić information content (AvgIpc) is 2.93. The fourth-order valence-corrected chi connectivity index (χ4v) is 3.51. The van der Waals surface area contributed by atoms with Crippen molar-refractivity contribution in [2.45, 2.75) is 58.3 Å². The van der Waals surface area contributed by atoms with Crippen molar-refractivity contribution in [2.75, 3.05) is 26.2 Å². The lowest BCUT2D eigenvalue weighted by atomic mass is 9.92. The first-order valence-electron chi connectivity index (χ1n) is 8.70. The van der Waals surface area contributed by atoms with Gasteiger partial charge in [-0.05, 0) is 46.0 Å². The van der Waals surface area contributed by atoms with Crippen LogP contribution in [0.25, 0.3) is 0 Å². The Hall–Kier alpha value is -1.50. The van der Waals surface area contributed by atoms with Crippen LogP contribution in [0.5, 0.6) is 0 Å². The second-order valence-electron chi connectivity index (χ2n) is 6.72. The summed E-state index contributed by atoms with van der Waals surface area (Å²) in [6, 6.07) is -0.160. The number of carbonyl (C=O) groups is 2. The topological polar surface area (TPSA) is 82.7 Å². The second-order valence-corrected chi connectivity index (χ2v) is 6.72. The molecule has 2 fully saturated rings. The van der Waals surface area contributed by atoms with E-state index in [1.165, 1.54) is 0 Å². The first kappa shape index (κ1) is 17.8. The maximum Gasteiger partial charge on any atom is 0.317 e. The minimum atomic E-state index is -0.139. The van der Waals surface area contributed by atoms with Gasteiger partial charge in [0.05, 0.1) is 12.2 Å². The van der Waals surface area contributed by atoms with Crippen molar-refractivity contribution < 1.29 is 14.3 Å². The minimum absolute atomic E-state index is 0.0325. The number of nitrogens with zero attached hydrogens (tertiary/aromatic N) is 1. The molecule has 0 radical (unpaired) electrons. The van der Waals surface area contributed by atoms with Crippen LogP contribution in [0.2, 0.25) is 0 Å². The Morgan fingerprint density at radius 1 is 1.17 bits per heavy atom. The van der Waals surface area contributed by atoms with Crippen molar-refractivity contribution in [2.24, 2.45) is 5.92 Å². The van der Waals surface area contributed by atoms with Gasteiger partial charge >= 0.3 is 12.1 Å². The average molecular weight is 326 g/mol. The molecule has 2 aliphatic rings. The van der Waals surface area contributed by atoms with Crippen LogP contribution in [-0.2, 0) is 4.74 Å². The molecule has 2 rings (SSSR count). The number of rotatable bonds is 4. The van der Waals surface area contributed by atoms with Gasteiger partial charge in [0, 0.05) is 32.2 Å². The number of hydrogen-bond donors (Lipinski definition) is 3. The molecular formula is C16H30N4O3. The van der Waals surface area contributed by atoms with Gasteiger partial charge in [-0.2, -0.15) is 0 Å². The molecule has 4 amide bonds. The fraction of sp³-hybridized carbons (Fsp3) is 0.875. The summed E-state index contributed by atoms with van der Waals surface area (Å²) in [5.41, 5.74) is 0. The van der Waals surface area contributed by atoms with Crippen LogP contribution in [0.3, 0.4) is 0 Å². The van der Waals surface area contributed by atoms with Crippen LogP contribution >= 0.6 is 0 Å². The monoisotopic (exact) mass is 326 g/mol. The van der Waals surface area contributed by atoms with E-state index in [0.717, 1.165) is 19.3 Å². The molecule has 7 heteroatoms. The summed E-state index contributed by atoms with van der Waals surface area (Å²) in [5.74, 6) is 0.468. The molecule has 2 aliphatic heterocycles. The van der Waals surface area contributed by atoms with Gasteiger partial charge in [-0.15, -0.1) is 0 Å². The number of hydrogen-bond acceptors (Lipinski definition) is 3. The van der Waals surface area contributed by atoms with Crippen molar-refractivity contribution >= 4 is 12.1 Å². The maximum absolute atomic E-state index is 12.0. The molecule has 0 unspecified atom stereocenters. The highest BCUT2D eigenvalue weighted by atomic mass is 16.5. The highest BCUT2D eigenvalue weighted by Crippen LogP contribution is 2.23. The van der Waals surface area contributed by atoms with Gasteiger partial charge in [-0.1, -0.05) is 0 Å². The lowest BCUT2D eigenvalue weighted by Crippen LogP contribution is -2.47. The second kappa shape index (κ2) is 8.38. The summed E-state index contributed by atoms with van der Waals surface area (Å²) in [6.07, 6.45) is 3.29. The molecule has 0 aromatic heterocycles. The van der Waals surface area contributed by atoms with E-state index in [4.69, 9.17) is 4.74 Å². The maximum atomic E-state index is 12.0. The zero-order valence-corrected chi connectivity index (χ0v) is 14.4. The Morgan fingerprint density at radius 3 is 2.52 bits per heavy atom. The molecule has 7 nitrogen and oxygen atoms in total. The van der Waals surface area contributed by atoms with Crippen LogP contribution in [0.15, 0.2) is 0 Å². The molecule has 3 N–H and O–H groups in total. The highest BCUT2D eigenvalue weighted by Gasteiger charge is 2.28. The van der Waals surface area contributed by atoms with E-state index in [0.29, 0.717) is 32.1 Å². The van der Waals surface area contributed by atoms with Crippen LogP contribution in [0.4, 0.5) is 9.59 Å². The minimum Gasteiger partial charge on any atom is -0.376 e. The molecule has 0 aliphatic carbocycles. The van der Waals surface area contributed by atoms with Gasteiger partial charge in [0.15, 0.2) is 0 Å². The number of likely N-dealkylation sites (tertiary alicyclic amines) is 1. The third-order valence-corrected chi connectivity index (χ3v) is 4.49. The molecule has 2 heterocycles. The molecule has 23 heavy (non-hydrogen) atoms. The van der Waals surface area contributed by atoms with Crippen molar-refractivity contribution in [3.8, 4) is 0 Å². The van der Waals surface area contributed by atoms with Gasteiger partial charge in [0.1, 0.15) is 0 Å². The first-order valence-corrected chi connectivity index (χ1v) is 8.70. The number of carbonyl (C=O) groups excluding carboxylic acids is 2. The third-order valence-electron chi connectivity index (χ3n) is 4.49. The summed E-state index contributed by atoms with van der Waals surface area (Å²) in [4.78, 5) is 25.5. The van der Waals surface area contributed by atoms with Gasteiger partial charge in [-0.3, -0.25) is 0 Å². The van der Waals surface area contributed by atoms with E-state index in [-0.39, 0.29) is 30.3 Å². The molecule has 0 aromatic rings. The van der Waals surface area contributed by atoms with Crippen molar-refractivity contribution in [3.05, 3.63) is 0 Å². The molecule has 0 aromatic carbocycles. The fourth-order valence-electron chi connectivity index (χ4n) is 3.51. The summed E-state index contributed by atoms with van der Waals surface area (Å²) in [7, 11) is 0. The SMILES string of the molecule is CCNC(=O)N1CC[C@H](NC(=O)NCC2C[C@H](C)O[C@@H](C)C2)C1. The Bertz CT molecular complexity index is 408. The van der Waals surface area contributed by atoms with Gasteiger partial charge in [0.25, 0.3) is 0 Å². The highest BCUT2D eigenvalue weighted by molar-refractivity contribution is 5.76. The number of nitrogens with one attached hydrogen (secondary N) is 3. The number of ether oxygens (including phenoxy) is 1. The number of urea groups is 2. The standard InChI is InChI=1S/C16H30N4O3/c1-4-17-16(22)20-6-5-14(10-20)19-15(21)18-9-13-7-11(2)23-12(3)8-13/h11-14H,4-10H2,1-3H3,(H,17,22)(H2,18,19,21)/t11-,12-,14-/m0/s1. The van der Waals surface area contributed by atoms with Crippen LogP contribution in [-0.4, -0.2) is 61.4 Å². The Morgan fingerprint density at radius 2 is 1.87 bits per heavy atom. The Labute approximate surface area is 138 Å². The smallest absolute Gasteiger partial charge is 0.317 e. The Balaban J connectivity index is 1.66. The molecule has 132 valence electrons. The quantitative estimate of drug-likeness (QED) is 0.728. The van der Waals surface area contributed by atoms with Gasteiger partial charge < -0.3 is 25.6 Å². The van der Waals surface area contributed by atoms with Crippen LogP contribution in [0, 0.1) is 5.92 Å². The summed E-state index contributed by atoms with van der Waals surface area (Å²) < 4.78 is 5.71. The van der Waals surface area contributed by atoms with Gasteiger partial charge in [0.2, 0.25) is 0 Å². The largest absolute Gasteiger partial charge is 0.376 e. The normalized spacial score (nSPS) is 30.8. The molecule has 0 saturated carbocycles. The molecule has 0 bridgehead atoms. The van der Waals surface area contributed by atoms with E-state index in [1.54, 1.807) is 4.90 Å². The lowest BCUT2D eigenvalue weighted by molar-refractivity contribution is -0.0511. The van der Waals surface area contributed by atoms with Crippen molar-refractivity contribution in [1.82, 2.24) is 20.9 Å². The molecule has 2 saturated heterocycles. The third kappa shape index (κ3) is 5.57. The molecule has 0 spiro atoms.